The molecule has 0 radical (unpaired) electrons. The summed E-state index contributed by atoms with van der Waals surface area (Å²) in [5.74, 6) is -0.600. The molecule has 2 rings (SSSR count). The largest absolute Gasteiger partial charge is 0.384 e. The fraction of sp³-hybridized carbons (Fsp3) is 0. The van der Waals surface area contributed by atoms with Gasteiger partial charge in [0.2, 0.25) is 0 Å². The third-order valence-corrected chi connectivity index (χ3v) is 2.28. The lowest BCUT2D eigenvalue weighted by atomic mass is 10.2. The number of nitrogens with one attached hydrogen (secondary N) is 1. The molecular weight excluding hydrogens is 250 g/mol. The Bertz CT molecular complexity index is 629. The molecule has 0 saturated carbocycles. The molecule has 2 aromatic rings. The van der Waals surface area contributed by atoms with E-state index >= 15 is 0 Å². The number of nitrogens with zero attached hydrogens (tertiary/aromatic N) is 3. The Kier molecular flexibility index (Phi) is 3.33. The van der Waals surface area contributed by atoms with Crippen molar-refractivity contribution in [2.24, 2.45) is 0 Å². The van der Waals surface area contributed by atoms with E-state index in [0.29, 0.717) is 5.69 Å². The zero-order valence-corrected chi connectivity index (χ0v) is 9.61. The Hall–Kier alpha value is -3.03. The number of anilines is 2. The fourth-order valence-electron chi connectivity index (χ4n) is 1.43. The van der Waals surface area contributed by atoms with Crippen LogP contribution in [0.4, 0.5) is 17.2 Å². The lowest BCUT2D eigenvalue weighted by Crippen LogP contribution is -2.14. The second-order valence-electron chi connectivity index (χ2n) is 3.57. The highest BCUT2D eigenvalue weighted by molar-refractivity contribution is 6.07. The molecule has 3 N–H and O–H groups in total. The molecule has 0 spiro atoms. The second kappa shape index (κ2) is 5.08. The van der Waals surface area contributed by atoms with Crippen LogP contribution in [0, 0.1) is 10.1 Å². The molecule has 2 heterocycles. The minimum Gasteiger partial charge on any atom is -0.384 e. The Balaban J connectivity index is 2.33. The summed E-state index contributed by atoms with van der Waals surface area (Å²) in [5.41, 5.74) is 5.37. The molecule has 0 saturated heterocycles. The summed E-state index contributed by atoms with van der Waals surface area (Å²) >= 11 is 0. The predicted octanol–water partition coefficient (Wildman–Crippen LogP) is 1.22. The first kappa shape index (κ1) is 12.4. The van der Waals surface area contributed by atoms with Gasteiger partial charge in [0.15, 0.2) is 0 Å². The van der Waals surface area contributed by atoms with Crippen molar-refractivity contribution < 1.29 is 9.72 Å². The quantitative estimate of drug-likeness (QED) is 0.630. The maximum absolute atomic E-state index is 12.0. The highest BCUT2D eigenvalue weighted by atomic mass is 16.6. The van der Waals surface area contributed by atoms with E-state index in [4.69, 9.17) is 5.73 Å². The first-order valence-electron chi connectivity index (χ1n) is 5.19. The molecule has 96 valence electrons. The van der Waals surface area contributed by atoms with Crippen molar-refractivity contribution in [1.82, 2.24) is 9.97 Å². The van der Waals surface area contributed by atoms with Crippen LogP contribution in [0.3, 0.4) is 0 Å². The Morgan fingerprint density at radius 2 is 2.05 bits per heavy atom. The number of nitrogen functional groups attached to an aromatic ring is 1. The number of rotatable bonds is 3. The van der Waals surface area contributed by atoms with Crippen LogP contribution in [-0.4, -0.2) is 20.8 Å². The summed E-state index contributed by atoms with van der Waals surface area (Å²) in [6, 6.07) is 4.29. The molecule has 0 atom stereocenters. The third kappa shape index (κ3) is 2.80. The number of hydrogen-bond donors (Lipinski definition) is 2. The molecule has 0 aliphatic heterocycles. The van der Waals surface area contributed by atoms with Crippen LogP contribution >= 0.6 is 0 Å². The van der Waals surface area contributed by atoms with Crippen molar-refractivity contribution in [1.29, 1.82) is 0 Å². The molecule has 0 aliphatic carbocycles. The van der Waals surface area contributed by atoms with Gasteiger partial charge >= 0.3 is 0 Å². The third-order valence-electron chi connectivity index (χ3n) is 2.28. The smallest absolute Gasteiger partial charge is 0.300 e. The van der Waals surface area contributed by atoms with Gasteiger partial charge in [0, 0.05) is 18.1 Å². The number of nitrogens with two attached hydrogens (primary N) is 1. The van der Waals surface area contributed by atoms with E-state index in [1.165, 1.54) is 12.4 Å². The van der Waals surface area contributed by atoms with E-state index in [2.05, 4.69) is 15.3 Å². The average Bonchev–Trinajstić information content (AvgIpc) is 2.39. The topological polar surface area (TPSA) is 124 Å². The number of carbonyl (C=O) groups excluding carboxylic acids is 1. The van der Waals surface area contributed by atoms with Crippen molar-refractivity contribution in [2.45, 2.75) is 0 Å². The predicted molar refractivity (Wildman–Crippen MR) is 67.5 cm³/mol. The molecule has 19 heavy (non-hydrogen) atoms. The molecule has 8 heteroatoms. The van der Waals surface area contributed by atoms with E-state index in [1.54, 1.807) is 12.1 Å². The number of amides is 1. The molecule has 0 fully saturated rings. The molecule has 1 amide bonds. The van der Waals surface area contributed by atoms with Crippen molar-refractivity contribution in [2.75, 3.05) is 11.1 Å². The van der Waals surface area contributed by atoms with E-state index in [9.17, 15) is 14.9 Å². The summed E-state index contributed by atoms with van der Waals surface area (Å²) in [6.45, 7) is 0. The summed E-state index contributed by atoms with van der Waals surface area (Å²) in [5, 5.41) is 13.3. The Morgan fingerprint density at radius 1 is 1.37 bits per heavy atom. The molecule has 8 nitrogen and oxygen atoms in total. The van der Waals surface area contributed by atoms with E-state index < -0.39 is 16.5 Å². The molecular formula is C11H9N5O3. The van der Waals surface area contributed by atoms with Crippen molar-refractivity contribution in [3.8, 4) is 0 Å². The second-order valence-corrected chi connectivity index (χ2v) is 3.57. The zero-order chi connectivity index (χ0) is 13.8. The van der Waals surface area contributed by atoms with Gasteiger partial charge in [0.25, 0.3) is 11.6 Å². The number of pyridine rings is 2. The first-order valence-corrected chi connectivity index (χ1v) is 5.19. The van der Waals surface area contributed by atoms with Crippen LogP contribution in [0.15, 0.2) is 36.8 Å². The Morgan fingerprint density at radius 3 is 2.68 bits per heavy atom. The summed E-state index contributed by atoms with van der Waals surface area (Å²) in [7, 11) is 0. The van der Waals surface area contributed by atoms with Gasteiger partial charge in [0.05, 0.1) is 4.92 Å². The van der Waals surface area contributed by atoms with Crippen LogP contribution < -0.4 is 11.1 Å². The average molecular weight is 259 g/mol. The monoisotopic (exact) mass is 259 g/mol. The van der Waals surface area contributed by atoms with Gasteiger partial charge in [-0.3, -0.25) is 19.9 Å². The van der Waals surface area contributed by atoms with Crippen molar-refractivity contribution >= 4 is 23.1 Å². The normalized spacial score (nSPS) is 9.89. The number of hydrogen-bond acceptors (Lipinski definition) is 6. The highest BCUT2D eigenvalue weighted by Crippen LogP contribution is 2.20. The lowest BCUT2D eigenvalue weighted by molar-refractivity contribution is -0.385. The minimum atomic E-state index is -0.687. The molecule has 0 aliphatic rings. The summed E-state index contributed by atoms with van der Waals surface area (Å²) < 4.78 is 0. The minimum absolute atomic E-state index is 0.0329. The van der Waals surface area contributed by atoms with Gasteiger partial charge in [0.1, 0.15) is 17.6 Å². The van der Waals surface area contributed by atoms with Gasteiger partial charge < -0.3 is 11.1 Å². The van der Waals surface area contributed by atoms with Gasteiger partial charge in [-0.25, -0.2) is 4.98 Å². The van der Waals surface area contributed by atoms with E-state index in [1.807, 2.05) is 0 Å². The van der Waals surface area contributed by atoms with Gasteiger partial charge in [-0.2, -0.15) is 0 Å². The van der Waals surface area contributed by atoms with E-state index in [0.717, 1.165) is 12.3 Å². The Labute approximate surface area is 107 Å². The van der Waals surface area contributed by atoms with Gasteiger partial charge in [-0.15, -0.1) is 0 Å². The maximum Gasteiger partial charge on any atom is 0.300 e. The van der Waals surface area contributed by atoms with Crippen LogP contribution in [0.1, 0.15) is 10.4 Å². The van der Waals surface area contributed by atoms with Crippen LogP contribution in [0.25, 0.3) is 0 Å². The summed E-state index contributed by atoms with van der Waals surface area (Å²) in [4.78, 5) is 29.5. The molecule has 0 bridgehead atoms. The number of aromatic nitrogens is 2. The zero-order valence-electron chi connectivity index (χ0n) is 9.61. The van der Waals surface area contributed by atoms with Crippen molar-refractivity contribution in [3.63, 3.8) is 0 Å². The summed E-state index contributed by atoms with van der Waals surface area (Å²) in [6.07, 6.45) is 3.94. The number of carbonyl (C=O) groups is 1. The fourth-order valence-corrected chi connectivity index (χ4v) is 1.43. The van der Waals surface area contributed by atoms with Crippen LogP contribution in [0.5, 0.6) is 0 Å². The highest BCUT2D eigenvalue weighted by Gasteiger charge is 2.21. The van der Waals surface area contributed by atoms with Gasteiger partial charge in [-0.1, -0.05) is 0 Å². The lowest BCUT2D eigenvalue weighted by Gasteiger charge is -2.05. The van der Waals surface area contributed by atoms with Crippen molar-refractivity contribution in [3.05, 3.63) is 52.5 Å². The molecule has 2 aromatic heterocycles. The maximum atomic E-state index is 12.0. The first-order chi connectivity index (χ1) is 9.08. The van der Waals surface area contributed by atoms with Crippen LogP contribution in [0.2, 0.25) is 0 Å². The molecule has 0 aromatic carbocycles. The molecule has 0 unspecified atom stereocenters. The van der Waals surface area contributed by atoms with E-state index in [-0.39, 0.29) is 11.4 Å². The number of nitro groups is 1. The standard InChI is InChI=1S/C11H9N5O3/c12-10-5-8(9(6-14-10)16(18)19)11(17)15-7-1-3-13-4-2-7/h1-6H,(H2,12,14)(H,13,15,17). The SMILES string of the molecule is Nc1cc(C(=O)Nc2ccncc2)c([N+](=O)[O-])cn1. The van der Waals surface area contributed by atoms with Gasteiger partial charge in [-0.05, 0) is 18.2 Å². The van der Waals surface area contributed by atoms with Crippen LogP contribution in [-0.2, 0) is 0 Å².